The molecule has 0 radical (unpaired) electrons. The largest absolute Gasteiger partial charge is 0.573 e. The van der Waals surface area contributed by atoms with Crippen molar-refractivity contribution >= 4 is 10.0 Å². The van der Waals surface area contributed by atoms with Crippen LogP contribution in [-0.2, 0) is 10.0 Å². The summed E-state index contributed by atoms with van der Waals surface area (Å²) in [5.74, 6) is -0.211. The van der Waals surface area contributed by atoms with Gasteiger partial charge in [0.2, 0.25) is 10.0 Å². The molecule has 1 aromatic heterocycles. The van der Waals surface area contributed by atoms with E-state index in [-0.39, 0.29) is 17.9 Å². The monoisotopic (exact) mass is 365 g/mol. The third-order valence-corrected chi connectivity index (χ3v) is 4.43. The number of aliphatic hydroxyl groups excluding tert-OH is 1. The Morgan fingerprint density at radius 3 is 2.42 bits per heavy atom. The zero-order valence-electron chi connectivity index (χ0n) is 12.2. The lowest BCUT2D eigenvalue weighted by molar-refractivity contribution is -0.274. The first-order valence-electron chi connectivity index (χ1n) is 6.74. The van der Waals surface area contributed by atoms with Gasteiger partial charge >= 0.3 is 6.36 Å². The van der Waals surface area contributed by atoms with Crippen molar-refractivity contribution in [2.45, 2.75) is 23.8 Å². The molecule has 0 saturated carbocycles. The van der Waals surface area contributed by atoms with Gasteiger partial charge in [-0.05, 0) is 42.8 Å². The van der Waals surface area contributed by atoms with E-state index in [9.17, 15) is 26.7 Å². The van der Waals surface area contributed by atoms with E-state index in [1.54, 1.807) is 12.1 Å². The molecule has 132 valence electrons. The summed E-state index contributed by atoms with van der Waals surface area (Å²) in [5.41, 5.74) is 0. The lowest BCUT2D eigenvalue weighted by Crippen LogP contribution is -2.26. The predicted octanol–water partition coefficient (Wildman–Crippen LogP) is 2.58. The first kappa shape index (κ1) is 18.3. The lowest BCUT2D eigenvalue weighted by atomic mass is 10.2. The van der Waals surface area contributed by atoms with Gasteiger partial charge in [0.1, 0.15) is 17.6 Å². The maximum absolute atomic E-state index is 12.1. The summed E-state index contributed by atoms with van der Waals surface area (Å²) in [6, 6.07) is 6.93. The van der Waals surface area contributed by atoms with Crippen LogP contribution < -0.4 is 9.46 Å². The van der Waals surface area contributed by atoms with Crippen molar-refractivity contribution in [3.63, 3.8) is 0 Å². The van der Waals surface area contributed by atoms with Crippen molar-refractivity contribution in [1.29, 1.82) is 0 Å². The van der Waals surface area contributed by atoms with Gasteiger partial charge in [-0.25, -0.2) is 13.1 Å². The number of ether oxygens (including phenoxy) is 1. The molecule has 2 rings (SSSR count). The van der Waals surface area contributed by atoms with E-state index < -0.39 is 28.2 Å². The van der Waals surface area contributed by atoms with Crippen LogP contribution >= 0.6 is 0 Å². The molecule has 1 heterocycles. The summed E-state index contributed by atoms with van der Waals surface area (Å²) in [7, 11) is -3.91. The van der Waals surface area contributed by atoms with E-state index in [4.69, 9.17) is 4.42 Å². The highest BCUT2D eigenvalue weighted by Crippen LogP contribution is 2.24. The molecule has 2 aromatic rings. The molecule has 24 heavy (non-hydrogen) atoms. The van der Waals surface area contributed by atoms with Crippen LogP contribution in [0.1, 0.15) is 18.3 Å². The Hall–Kier alpha value is -2.04. The molecule has 0 saturated heterocycles. The van der Waals surface area contributed by atoms with E-state index >= 15 is 0 Å². The molecule has 0 amide bonds. The summed E-state index contributed by atoms with van der Waals surface area (Å²) in [6.45, 7) is -0.0784. The van der Waals surface area contributed by atoms with Crippen LogP contribution in [0.5, 0.6) is 5.75 Å². The van der Waals surface area contributed by atoms with Crippen molar-refractivity contribution < 1.29 is 35.8 Å². The van der Waals surface area contributed by atoms with Crippen molar-refractivity contribution in [2.24, 2.45) is 0 Å². The SMILES string of the molecule is O=S(=O)(NCCC(O)c1ccco1)c1ccc(OC(F)(F)F)cc1. The van der Waals surface area contributed by atoms with Gasteiger partial charge < -0.3 is 14.3 Å². The lowest BCUT2D eigenvalue weighted by Gasteiger charge is -2.11. The highest BCUT2D eigenvalue weighted by atomic mass is 32.2. The summed E-state index contributed by atoms with van der Waals surface area (Å²) >= 11 is 0. The summed E-state index contributed by atoms with van der Waals surface area (Å²) in [6.07, 6.45) is -4.36. The van der Waals surface area contributed by atoms with Crippen molar-refractivity contribution in [2.75, 3.05) is 6.54 Å². The molecule has 2 N–H and O–H groups in total. The van der Waals surface area contributed by atoms with Crippen LogP contribution in [0.2, 0.25) is 0 Å². The van der Waals surface area contributed by atoms with Gasteiger partial charge in [0.05, 0.1) is 11.2 Å². The number of halogens is 3. The number of furan rings is 1. The average Bonchev–Trinajstić information content (AvgIpc) is 3.00. The minimum absolute atomic E-state index is 0.0714. The molecule has 0 spiro atoms. The molecule has 10 heteroatoms. The van der Waals surface area contributed by atoms with Crippen LogP contribution in [-0.4, -0.2) is 26.4 Å². The standard InChI is InChI=1S/C14H14F3NO5S/c15-14(16,17)23-10-3-5-11(6-4-10)24(20,21)18-8-7-12(19)13-2-1-9-22-13/h1-6,9,12,18-19H,7-8H2. The Labute approximate surface area is 135 Å². The minimum Gasteiger partial charge on any atom is -0.467 e. The van der Waals surface area contributed by atoms with Crippen molar-refractivity contribution in [3.05, 3.63) is 48.4 Å². The first-order chi connectivity index (χ1) is 11.2. The van der Waals surface area contributed by atoms with Gasteiger partial charge in [0.25, 0.3) is 0 Å². The van der Waals surface area contributed by atoms with E-state index in [1.807, 2.05) is 0 Å². The van der Waals surface area contributed by atoms with Gasteiger partial charge in [-0.2, -0.15) is 0 Å². The normalized spacial score (nSPS) is 13.7. The quantitative estimate of drug-likeness (QED) is 0.787. The van der Waals surface area contributed by atoms with E-state index in [0.29, 0.717) is 5.76 Å². The third-order valence-electron chi connectivity index (χ3n) is 2.95. The Morgan fingerprint density at radius 2 is 1.88 bits per heavy atom. The molecule has 0 aliphatic heterocycles. The van der Waals surface area contributed by atoms with Crippen LogP contribution in [0, 0.1) is 0 Å². The number of benzene rings is 1. The first-order valence-corrected chi connectivity index (χ1v) is 8.23. The van der Waals surface area contributed by atoms with Crippen molar-refractivity contribution in [3.8, 4) is 5.75 Å². The number of sulfonamides is 1. The molecule has 0 bridgehead atoms. The Balaban J connectivity index is 1.92. The van der Waals surface area contributed by atoms with Crippen LogP contribution in [0.4, 0.5) is 13.2 Å². The fraction of sp³-hybridized carbons (Fsp3) is 0.286. The maximum atomic E-state index is 12.1. The molecule has 1 atom stereocenters. The second-order valence-corrected chi connectivity index (χ2v) is 6.50. The number of alkyl halides is 3. The van der Waals surface area contributed by atoms with Gasteiger partial charge in [-0.1, -0.05) is 0 Å². The Morgan fingerprint density at radius 1 is 1.21 bits per heavy atom. The topological polar surface area (TPSA) is 88.8 Å². The van der Waals surface area contributed by atoms with Crippen molar-refractivity contribution in [1.82, 2.24) is 4.72 Å². The molecule has 0 aliphatic carbocycles. The highest BCUT2D eigenvalue weighted by molar-refractivity contribution is 7.89. The van der Waals surface area contributed by atoms with E-state index in [0.717, 1.165) is 24.3 Å². The van der Waals surface area contributed by atoms with Crippen LogP contribution in [0.15, 0.2) is 52.0 Å². The molecule has 6 nitrogen and oxygen atoms in total. The molecule has 1 unspecified atom stereocenters. The average molecular weight is 365 g/mol. The van der Waals surface area contributed by atoms with E-state index in [2.05, 4.69) is 9.46 Å². The summed E-state index contributed by atoms with van der Waals surface area (Å²) in [5, 5.41) is 9.77. The van der Waals surface area contributed by atoms with E-state index in [1.165, 1.54) is 6.26 Å². The Bertz CT molecular complexity index is 742. The number of hydrogen-bond donors (Lipinski definition) is 2. The molecular weight excluding hydrogens is 351 g/mol. The highest BCUT2D eigenvalue weighted by Gasteiger charge is 2.31. The number of aliphatic hydroxyl groups is 1. The smallest absolute Gasteiger partial charge is 0.467 e. The number of nitrogens with one attached hydrogen (secondary N) is 1. The zero-order chi connectivity index (χ0) is 17.8. The van der Waals surface area contributed by atoms with Gasteiger partial charge in [-0.3, -0.25) is 0 Å². The molecular formula is C14H14F3NO5S. The third kappa shape index (κ3) is 5.25. The van der Waals surface area contributed by atoms with Crippen LogP contribution in [0.25, 0.3) is 0 Å². The summed E-state index contributed by atoms with van der Waals surface area (Å²) in [4.78, 5) is -0.218. The minimum atomic E-state index is -4.85. The number of hydrogen-bond acceptors (Lipinski definition) is 5. The second-order valence-electron chi connectivity index (χ2n) is 4.74. The summed E-state index contributed by atoms with van der Waals surface area (Å²) < 4.78 is 71.1. The predicted molar refractivity (Wildman–Crippen MR) is 76.6 cm³/mol. The molecule has 1 aromatic carbocycles. The fourth-order valence-electron chi connectivity index (χ4n) is 1.86. The maximum Gasteiger partial charge on any atom is 0.573 e. The van der Waals surface area contributed by atoms with Gasteiger partial charge in [0.15, 0.2) is 0 Å². The second kappa shape index (κ2) is 7.24. The number of rotatable bonds is 7. The molecule has 0 aliphatic rings. The fourth-order valence-corrected chi connectivity index (χ4v) is 2.90. The molecule has 0 fully saturated rings. The van der Waals surface area contributed by atoms with Crippen LogP contribution in [0.3, 0.4) is 0 Å². The van der Waals surface area contributed by atoms with Gasteiger partial charge in [-0.15, -0.1) is 13.2 Å². The Kier molecular flexibility index (Phi) is 5.52. The van der Waals surface area contributed by atoms with Gasteiger partial charge in [0, 0.05) is 6.54 Å². The zero-order valence-corrected chi connectivity index (χ0v) is 13.0.